The Kier molecular flexibility index (Phi) is 6.18. The Morgan fingerprint density at radius 3 is 2.52 bits per heavy atom. The van der Waals surface area contributed by atoms with E-state index in [9.17, 15) is 33.9 Å². The zero-order chi connectivity index (χ0) is 21.1. The molecule has 1 aliphatic carbocycles. The van der Waals surface area contributed by atoms with E-state index in [0.29, 0.717) is 5.69 Å². The van der Waals surface area contributed by atoms with E-state index in [4.69, 9.17) is 0 Å². The number of carbonyl (C=O) groups excluding carboxylic acids is 1. The van der Waals surface area contributed by atoms with Gasteiger partial charge in [-0.1, -0.05) is 0 Å². The first-order valence-corrected chi connectivity index (χ1v) is 8.98. The molecule has 2 aromatic rings. The van der Waals surface area contributed by atoms with Gasteiger partial charge in [-0.3, -0.25) is 19.6 Å². The minimum absolute atomic E-state index is 0.144. The standard InChI is InChI=1S/C18H20F2N4O5/c19-18(20)15-7-13(10-1-2-10)22-23(15)8-16(26)21-14(9-25)17(27)11-3-5-12(6-4-11)24(28)29/h3-7,10,14,17-18,25,27H,1-2,8-9H2,(H,21,26). The maximum absolute atomic E-state index is 13.2. The molecule has 0 radical (unpaired) electrons. The molecular formula is C18H20F2N4O5. The number of rotatable bonds is 9. The summed E-state index contributed by atoms with van der Waals surface area (Å²) in [6.07, 6.45) is -2.39. The first kappa shape index (κ1) is 20.8. The Balaban J connectivity index is 1.67. The van der Waals surface area contributed by atoms with Crippen LogP contribution in [0.4, 0.5) is 14.5 Å². The molecule has 1 aromatic carbocycles. The summed E-state index contributed by atoms with van der Waals surface area (Å²) in [6, 6.07) is 5.16. The number of aromatic nitrogens is 2. The van der Waals surface area contributed by atoms with Crippen molar-refractivity contribution < 1.29 is 28.7 Å². The zero-order valence-corrected chi connectivity index (χ0v) is 15.2. The number of carbonyl (C=O) groups is 1. The van der Waals surface area contributed by atoms with Crippen LogP contribution in [0, 0.1) is 10.1 Å². The van der Waals surface area contributed by atoms with Crippen LogP contribution < -0.4 is 5.32 Å². The average Bonchev–Trinajstić information content (AvgIpc) is 3.46. The molecule has 1 aliphatic rings. The highest BCUT2D eigenvalue weighted by Crippen LogP contribution is 2.40. The van der Waals surface area contributed by atoms with Gasteiger partial charge in [-0.15, -0.1) is 0 Å². The van der Waals surface area contributed by atoms with Gasteiger partial charge in [0.25, 0.3) is 12.1 Å². The number of hydrogen-bond donors (Lipinski definition) is 3. The Morgan fingerprint density at radius 2 is 2.00 bits per heavy atom. The van der Waals surface area contributed by atoms with E-state index in [1.165, 1.54) is 30.3 Å². The monoisotopic (exact) mass is 410 g/mol. The van der Waals surface area contributed by atoms with E-state index in [1.54, 1.807) is 0 Å². The molecule has 0 spiro atoms. The molecule has 3 N–H and O–H groups in total. The van der Waals surface area contributed by atoms with Gasteiger partial charge in [0.05, 0.1) is 23.3 Å². The number of hydrogen-bond acceptors (Lipinski definition) is 6. The van der Waals surface area contributed by atoms with Crippen molar-refractivity contribution in [3.63, 3.8) is 0 Å². The van der Waals surface area contributed by atoms with E-state index in [1.807, 2.05) is 0 Å². The predicted molar refractivity (Wildman–Crippen MR) is 96.2 cm³/mol. The van der Waals surface area contributed by atoms with Gasteiger partial charge in [0.2, 0.25) is 5.91 Å². The molecule has 1 aromatic heterocycles. The zero-order valence-electron chi connectivity index (χ0n) is 15.2. The number of aliphatic hydroxyl groups is 2. The van der Waals surface area contributed by atoms with E-state index < -0.39 is 42.6 Å². The summed E-state index contributed by atoms with van der Waals surface area (Å²) in [7, 11) is 0. The van der Waals surface area contributed by atoms with Crippen molar-refractivity contribution in [3.8, 4) is 0 Å². The average molecular weight is 410 g/mol. The van der Waals surface area contributed by atoms with Gasteiger partial charge in [0.15, 0.2) is 0 Å². The Hall–Kier alpha value is -2.92. The third-order valence-corrected chi connectivity index (χ3v) is 4.71. The Morgan fingerprint density at radius 1 is 1.34 bits per heavy atom. The van der Waals surface area contributed by atoms with E-state index in [0.717, 1.165) is 17.5 Å². The van der Waals surface area contributed by atoms with Crippen LogP contribution in [-0.4, -0.2) is 43.5 Å². The molecule has 29 heavy (non-hydrogen) atoms. The normalized spacial score (nSPS) is 15.9. The van der Waals surface area contributed by atoms with Crippen LogP contribution in [0.2, 0.25) is 0 Å². The molecule has 3 rings (SSSR count). The van der Waals surface area contributed by atoms with Gasteiger partial charge in [-0.25, -0.2) is 8.78 Å². The van der Waals surface area contributed by atoms with Gasteiger partial charge < -0.3 is 15.5 Å². The van der Waals surface area contributed by atoms with Crippen molar-refractivity contribution in [1.82, 2.24) is 15.1 Å². The van der Waals surface area contributed by atoms with Crippen LogP contribution in [0.1, 0.15) is 48.2 Å². The summed E-state index contributed by atoms with van der Waals surface area (Å²) in [5.74, 6) is -0.566. The number of nitrogens with zero attached hydrogens (tertiary/aromatic N) is 3. The van der Waals surface area contributed by atoms with E-state index in [2.05, 4.69) is 10.4 Å². The number of nitro groups is 1. The quantitative estimate of drug-likeness (QED) is 0.427. The lowest BCUT2D eigenvalue weighted by molar-refractivity contribution is -0.384. The van der Waals surface area contributed by atoms with Crippen LogP contribution in [0.15, 0.2) is 30.3 Å². The summed E-state index contributed by atoms with van der Waals surface area (Å²) < 4.78 is 27.4. The third-order valence-electron chi connectivity index (χ3n) is 4.71. The maximum atomic E-state index is 13.2. The second-order valence-corrected chi connectivity index (χ2v) is 6.88. The highest BCUT2D eigenvalue weighted by atomic mass is 19.3. The van der Waals surface area contributed by atoms with E-state index >= 15 is 0 Å². The predicted octanol–water partition coefficient (Wildman–Crippen LogP) is 1.82. The third kappa shape index (κ3) is 4.93. The number of amides is 1. The van der Waals surface area contributed by atoms with Gasteiger partial charge in [-0.05, 0) is 36.6 Å². The lowest BCUT2D eigenvalue weighted by Gasteiger charge is -2.22. The van der Waals surface area contributed by atoms with Crippen molar-refractivity contribution in [2.75, 3.05) is 6.61 Å². The molecule has 0 aliphatic heterocycles. The van der Waals surface area contributed by atoms with Gasteiger partial charge >= 0.3 is 0 Å². The smallest absolute Gasteiger partial charge is 0.280 e. The largest absolute Gasteiger partial charge is 0.394 e. The minimum atomic E-state index is -2.79. The van der Waals surface area contributed by atoms with Gasteiger partial charge in [0.1, 0.15) is 18.3 Å². The second-order valence-electron chi connectivity index (χ2n) is 6.88. The first-order valence-electron chi connectivity index (χ1n) is 8.98. The number of non-ortho nitro benzene ring substituents is 1. The maximum Gasteiger partial charge on any atom is 0.280 e. The second kappa shape index (κ2) is 8.62. The summed E-state index contributed by atoms with van der Waals surface area (Å²) in [5, 5.41) is 37.1. The molecule has 1 amide bonds. The molecule has 9 nitrogen and oxygen atoms in total. The molecule has 1 saturated carbocycles. The number of halogens is 2. The molecule has 1 heterocycles. The summed E-state index contributed by atoms with van der Waals surface area (Å²) in [4.78, 5) is 22.4. The highest BCUT2D eigenvalue weighted by Gasteiger charge is 2.30. The van der Waals surface area contributed by atoms with Crippen LogP contribution in [0.25, 0.3) is 0 Å². The first-order chi connectivity index (χ1) is 13.8. The van der Waals surface area contributed by atoms with Gasteiger partial charge in [-0.2, -0.15) is 5.10 Å². The topological polar surface area (TPSA) is 131 Å². The van der Waals surface area contributed by atoms with E-state index in [-0.39, 0.29) is 22.9 Å². The van der Waals surface area contributed by atoms with Gasteiger partial charge in [0, 0.05) is 18.1 Å². The fourth-order valence-electron chi connectivity index (χ4n) is 2.97. The number of nitro benzene ring substituents is 1. The highest BCUT2D eigenvalue weighted by molar-refractivity contribution is 5.76. The summed E-state index contributed by atoms with van der Waals surface area (Å²) >= 11 is 0. The van der Waals surface area contributed by atoms with Crippen molar-refractivity contribution in [3.05, 3.63) is 57.4 Å². The molecule has 0 bridgehead atoms. The number of nitrogens with one attached hydrogen (secondary N) is 1. The van der Waals surface area contributed by atoms with Crippen molar-refractivity contribution in [2.45, 2.75) is 43.9 Å². The Labute approximate surface area is 164 Å². The summed E-state index contributed by atoms with van der Waals surface area (Å²) in [6.45, 7) is -1.12. The Bertz CT molecular complexity index is 883. The summed E-state index contributed by atoms with van der Waals surface area (Å²) in [5.41, 5.74) is 0.241. The van der Waals surface area contributed by atoms with Crippen LogP contribution in [-0.2, 0) is 11.3 Å². The fourth-order valence-corrected chi connectivity index (χ4v) is 2.97. The number of aliphatic hydroxyl groups excluding tert-OH is 2. The molecule has 2 atom stereocenters. The van der Waals surface area contributed by atoms with Crippen LogP contribution in [0.3, 0.4) is 0 Å². The molecule has 2 unspecified atom stereocenters. The fraction of sp³-hybridized carbons (Fsp3) is 0.444. The minimum Gasteiger partial charge on any atom is -0.394 e. The number of alkyl halides is 2. The molecule has 156 valence electrons. The SMILES string of the molecule is O=C(Cn1nc(C2CC2)cc1C(F)F)NC(CO)C(O)c1ccc([N+](=O)[O-])cc1. The van der Waals surface area contributed by atoms with Crippen LogP contribution >= 0.6 is 0 Å². The molecule has 1 fully saturated rings. The molecule has 11 heteroatoms. The lowest BCUT2D eigenvalue weighted by atomic mass is 10.0. The molecule has 0 saturated heterocycles. The lowest BCUT2D eigenvalue weighted by Crippen LogP contribution is -2.43. The number of benzene rings is 1. The van der Waals surface area contributed by atoms with Crippen molar-refractivity contribution >= 4 is 11.6 Å². The molecular weight excluding hydrogens is 390 g/mol. The van der Waals surface area contributed by atoms with Crippen LogP contribution in [0.5, 0.6) is 0 Å². The van der Waals surface area contributed by atoms with Crippen molar-refractivity contribution in [1.29, 1.82) is 0 Å². The van der Waals surface area contributed by atoms with Crippen molar-refractivity contribution in [2.24, 2.45) is 0 Å².